The number of aromatic nitrogens is 1. The predicted molar refractivity (Wildman–Crippen MR) is 68.8 cm³/mol. The van der Waals surface area contributed by atoms with Crippen LogP contribution >= 0.6 is 15.9 Å². The molecule has 0 atom stereocenters. The second-order valence-electron chi connectivity index (χ2n) is 3.69. The molecule has 0 aliphatic heterocycles. The maximum Gasteiger partial charge on any atom is 0.250 e. The number of furan rings is 1. The Morgan fingerprint density at radius 3 is 3.00 bits per heavy atom. The van der Waals surface area contributed by atoms with Gasteiger partial charge in [-0.05, 0) is 28.1 Å². The molecule has 0 aliphatic carbocycles. The Hall–Kier alpha value is -1.33. The van der Waals surface area contributed by atoms with Gasteiger partial charge >= 0.3 is 0 Å². The fourth-order valence-corrected chi connectivity index (χ4v) is 1.88. The van der Waals surface area contributed by atoms with Gasteiger partial charge in [-0.2, -0.15) is 0 Å². The summed E-state index contributed by atoms with van der Waals surface area (Å²) in [7, 11) is 0. The highest BCUT2D eigenvalue weighted by Crippen LogP contribution is 2.04. The molecule has 5 heteroatoms. The van der Waals surface area contributed by atoms with Crippen molar-refractivity contribution in [3.8, 4) is 0 Å². The lowest BCUT2D eigenvalue weighted by atomic mass is 10.3. The van der Waals surface area contributed by atoms with Crippen LogP contribution in [0.5, 0.6) is 0 Å². The number of nitrogens with one attached hydrogen (secondary N) is 1. The Morgan fingerprint density at radius 2 is 2.24 bits per heavy atom. The molecule has 0 unspecified atom stereocenters. The fourth-order valence-electron chi connectivity index (χ4n) is 1.50. The molecule has 0 radical (unpaired) electrons. The summed E-state index contributed by atoms with van der Waals surface area (Å²) < 4.78 is 7.55. The van der Waals surface area contributed by atoms with Crippen LogP contribution in [0, 0.1) is 0 Å². The lowest BCUT2D eigenvalue weighted by Crippen LogP contribution is -2.25. The van der Waals surface area contributed by atoms with Gasteiger partial charge in [-0.25, -0.2) is 0 Å². The van der Waals surface area contributed by atoms with Gasteiger partial charge < -0.3 is 14.3 Å². The zero-order valence-electron chi connectivity index (χ0n) is 9.23. The van der Waals surface area contributed by atoms with Crippen LogP contribution in [0.4, 0.5) is 0 Å². The first kappa shape index (κ1) is 12.1. The van der Waals surface area contributed by atoms with Gasteiger partial charge in [-0.15, -0.1) is 0 Å². The summed E-state index contributed by atoms with van der Waals surface area (Å²) in [5, 5.41) is 3.25. The van der Waals surface area contributed by atoms with Crippen molar-refractivity contribution in [3.05, 3.63) is 57.3 Å². The van der Waals surface area contributed by atoms with Gasteiger partial charge in [-0.3, -0.25) is 4.79 Å². The molecule has 0 saturated heterocycles. The van der Waals surface area contributed by atoms with Crippen LogP contribution in [0.15, 0.2) is 50.6 Å². The molecule has 0 aliphatic rings. The molecule has 0 saturated carbocycles. The van der Waals surface area contributed by atoms with Gasteiger partial charge in [0.25, 0.3) is 5.56 Å². The third kappa shape index (κ3) is 3.57. The van der Waals surface area contributed by atoms with Gasteiger partial charge in [0.15, 0.2) is 0 Å². The third-order valence-corrected chi connectivity index (χ3v) is 2.86. The Balaban J connectivity index is 1.82. The van der Waals surface area contributed by atoms with E-state index in [0.29, 0.717) is 6.54 Å². The van der Waals surface area contributed by atoms with Crippen LogP contribution in [-0.2, 0) is 13.1 Å². The van der Waals surface area contributed by atoms with E-state index >= 15 is 0 Å². The van der Waals surface area contributed by atoms with Crippen LogP contribution in [0.3, 0.4) is 0 Å². The number of hydrogen-bond donors (Lipinski definition) is 1. The van der Waals surface area contributed by atoms with Crippen LogP contribution in [0.1, 0.15) is 5.56 Å². The molecule has 2 aromatic rings. The molecule has 1 N–H and O–H groups in total. The molecule has 4 nitrogen and oxygen atoms in total. The number of hydrogen-bond acceptors (Lipinski definition) is 3. The van der Waals surface area contributed by atoms with E-state index in [-0.39, 0.29) is 5.56 Å². The molecule has 2 heterocycles. The topological polar surface area (TPSA) is 47.2 Å². The van der Waals surface area contributed by atoms with Crippen molar-refractivity contribution in [2.24, 2.45) is 0 Å². The Labute approximate surface area is 107 Å². The highest BCUT2D eigenvalue weighted by atomic mass is 79.9. The smallest absolute Gasteiger partial charge is 0.250 e. The average molecular weight is 297 g/mol. The molecule has 17 heavy (non-hydrogen) atoms. The number of nitrogens with zero attached hydrogens (tertiary/aromatic N) is 1. The highest BCUT2D eigenvalue weighted by Gasteiger charge is 1.97. The number of rotatable bonds is 5. The van der Waals surface area contributed by atoms with Crippen molar-refractivity contribution in [1.82, 2.24) is 9.88 Å². The molecule has 90 valence electrons. The van der Waals surface area contributed by atoms with Crippen LogP contribution in [0.25, 0.3) is 0 Å². The normalized spacial score (nSPS) is 10.6. The number of halogens is 1. The quantitative estimate of drug-likeness (QED) is 0.859. The summed E-state index contributed by atoms with van der Waals surface area (Å²) in [5.41, 5.74) is 1.12. The zero-order valence-corrected chi connectivity index (χ0v) is 10.8. The molecule has 0 aromatic carbocycles. The summed E-state index contributed by atoms with van der Waals surface area (Å²) in [6.45, 7) is 2.14. The van der Waals surface area contributed by atoms with E-state index in [0.717, 1.165) is 23.1 Å². The third-order valence-electron chi connectivity index (χ3n) is 2.39. The molecular formula is C12H13BrN2O2. The van der Waals surface area contributed by atoms with E-state index < -0.39 is 0 Å². The largest absolute Gasteiger partial charge is 0.472 e. The minimum absolute atomic E-state index is 0.0123. The molecular weight excluding hydrogens is 284 g/mol. The summed E-state index contributed by atoms with van der Waals surface area (Å²) in [6, 6.07) is 5.22. The van der Waals surface area contributed by atoms with Crippen molar-refractivity contribution in [2.45, 2.75) is 13.1 Å². The molecule has 0 bridgehead atoms. The lowest BCUT2D eigenvalue weighted by Gasteiger charge is -2.06. The van der Waals surface area contributed by atoms with Crippen molar-refractivity contribution >= 4 is 15.9 Å². The van der Waals surface area contributed by atoms with Gasteiger partial charge in [0.2, 0.25) is 0 Å². The van der Waals surface area contributed by atoms with Gasteiger partial charge in [0, 0.05) is 41.9 Å². The summed E-state index contributed by atoms with van der Waals surface area (Å²) in [4.78, 5) is 11.5. The second-order valence-corrected chi connectivity index (χ2v) is 4.60. The van der Waals surface area contributed by atoms with E-state index in [2.05, 4.69) is 21.2 Å². The first-order valence-electron chi connectivity index (χ1n) is 5.33. The van der Waals surface area contributed by atoms with Crippen LogP contribution < -0.4 is 10.9 Å². The first-order valence-corrected chi connectivity index (χ1v) is 6.13. The standard InChI is InChI=1S/C12H13BrN2O2/c13-11-1-2-12(16)15(8-11)5-4-14-7-10-3-6-17-9-10/h1-3,6,8-9,14H,4-5,7H2. The average Bonchev–Trinajstić information content (AvgIpc) is 2.82. The molecule has 2 rings (SSSR count). The highest BCUT2D eigenvalue weighted by molar-refractivity contribution is 9.10. The maximum atomic E-state index is 11.5. The molecule has 0 fully saturated rings. The summed E-state index contributed by atoms with van der Waals surface area (Å²) >= 11 is 3.34. The van der Waals surface area contributed by atoms with E-state index in [9.17, 15) is 4.79 Å². The predicted octanol–water partition coefficient (Wildman–Crippen LogP) is 1.99. The van der Waals surface area contributed by atoms with Crippen LogP contribution in [-0.4, -0.2) is 11.1 Å². The number of pyridine rings is 1. The summed E-state index contributed by atoms with van der Waals surface area (Å²) in [6.07, 6.45) is 5.15. The minimum Gasteiger partial charge on any atom is -0.472 e. The van der Waals surface area contributed by atoms with E-state index in [1.165, 1.54) is 0 Å². The summed E-state index contributed by atoms with van der Waals surface area (Å²) in [5.74, 6) is 0. The minimum atomic E-state index is 0.0123. The van der Waals surface area contributed by atoms with Crippen molar-refractivity contribution in [1.29, 1.82) is 0 Å². The van der Waals surface area contributed by atoms with Crippen molar-refractivity contribution < 1.29 is 4.42 Å². The Kier molecular flexibility index (Phi) is 4.17. The lowest BCUT2D eigenvalue weighted by molar-refractivity contribution is 0.553. The van der Waals surface area contributed by atoms with Gasteiger partial charge in [0.05, 0.1) is 12.5 Å². The monoisotopic (exact) mass is 296 g/mol. The van der Waals surface area contributed by atoms with Gasteiger partial charge in [0.1, 0.15) is 0 Å². The Morgan fingerprint density at radius 1 is 1.35 bits per heavy atom. The first-order chi connectivity index (χ1) is 8.25. The second kappa shape index (κ2) is 5.84. The van der Waals surface area contributed by atoms with E-state index in [1.54, 1.807) is 35.4 Å². The van der Waals surface area contributed by atoms with E-state index in [1.807, 2.05) is 6.07 Å². The molecule has 2 aromatic heterocycles. The van der Waals surface area contributed by atoms with Crippen molar-refractivity contribution in [2.75, 3.05) is 6.54 Å². The van der Waals surface area contributed by atoms with E-state index in [4.69, 9.17) is 4.42 Å². The maximum absolute atomic E-state index is 11.5. The Bertz CT molecular complexity index is 520. The SMILES string of the molecule is O=c1ccc(Br)cn1CCNCc1ccoc1. The van der Waals surface area contributed by atoms with Crippen LogP contribution in [0.2, 0.25) is 0 Å². The fraction of sp³-hybridized carbons (Fsp3) is 0.250. The molecule has 0 spiro atoms. The molecule has 0 amide bonds. The van der Waals surface area contributed by atoms with Gasteiger partial charge in [-0.1, -0.05) is 0 Å². The van der Waals surface area contributed by atoms with Crippen molar-refractivity contribution in [3.63, 3.8) is 0 Å². The zero-order chi connectivity index (χ0) is 12.1.